The first kappa shape index (κ1) is 33.0. The fourth-order valence-electron chi connectivity index (χ4n) is 4.50. The number of benzene rings is 5. The van der Waals surface area contributed by atoms with Crippen LogP contribution in [0.5, 0.6) is 5.75 Å². The molecule has 0 aliphatic heterocycles. The first-order chi connectivity index (χ1) is 22.8. The number of amides is 3. The van der Waals surface area contributed by atoms with Crippen molar-refractivity contribution in [3.05, 3.63) is 161 Å². The second-order valence-electron chi connectivity index (χ2n) is 10.1. The molecular weight excluding hydrogens is 637 g/mol. The topological polar surface area (TPSA) is 96.5 Å². The number of halogens is 2. The summed E-state index contributed by atoms with van der Waals surface area (Å²) in [5.74, 6) is -1.48. The van der Waals surface area contributed by atoms with Crippen LogP contribution in [0.1, 0.15) is 26.7 Å². The van der Waals surface area contributed by atoms with Crippen molar-refractivity contribution in [1.82, 2.24) is 5.32 Å². The smallest absolute Gasteiger partial charge is 0.272 e. The molecule has 236 valence electrons. The summed E-state index contributed by atoms with van der Waals surface area (Å²) in [5, 5.41) is 7.79. The molecule has 0 bridgehead atoms. The maximum atomic E-state index is 14.6. The number of rotatable bonds is 11. The number of hydrogen-bond donors (Lipinski definition) is 3. The van der Waals surface area contributed by atoms with Gasteiger partial charge in [-0.05, 0) is 72.3 Å². The minimum Gasteiger partial charge on any atom is -0.497 e. The van der Waals surface area contributed by atoms with Gasteiger partial charge in [-0.3, -0.25) is 14.4 Å². The summed E-state index contributed by atoms with van der Waals surface area (Å²) < 4.78 is 19.9. The van der Waals surface area contributed by atoms with Crippen LogP contribution in [-0.4, -0.2) is 24.8 Å². The Balaban J connectivity index is 1.34. The van der Waals surface area contributed by atoms with Gasteiger partial charge in [-0.2, -0.15) is 0 Å². The standard InChI is InChI=1S/C37H29ClFN3O4S/c1-46-28-15-8-14-27(22-28)41-37(45)34(24-10-4-2-5-11-24)47-29-20-18-26(19-21-29)40-36(44)33(23-30-31(38)16-9-17-32(30)39)42-35(43)25-12-6-3-7-13-25/h2-23,34H,1H3,(H,40,44)(H,41,45)(H,42,43)/b33-23-. The van der Waals surface area contributed by atoms with E-state index in [2.05, 4.69) is 16.0 Å². The van der Waals surface area contributed by atoms with E-state index in [0.29, 0.717) is 22.7 Å². The molecule has 0 saturated heterocycles. The Kier molecular flexibility index (Phi) is 11.1. The lowest BCUT2D eigenvalue weighted by molar-refractivity contribution is -0.116. The Labute approximate surface area is 280 Å². The molecule has 1 atom stereocenters. The Bertz CT molecular complexity index is 1880. The molecule has 5 aromatic rings. The molecule has 47 heavy (non-hydrogen) atoms. The summed E-state index contributed by atoms with van der Waals surface area (Å²) in [6.07, 6.45) is 1.20. The van der Waals surface area contributed by atoms with Gasteiger partial charge < -0.3 is 20.7 Å². The van der Waals surface area contributed by atoms with Crippen molar-refractivity contribution in [3.63, 3.8) is 0 Å². The van der Waals surface area contributed by atoms with Gasteiger partial charge in [0.05, 0.1) is 12.1 Å². The monoisotopic (exact) mass is 665 g/mol. The maximum Gasteiger partial charge on any atom is 0.272 e. The van der Waals surface area contributed by atoms with E-state index in [1.54, 1.807) is 86.0 Å². The number of hydrogen-bond acceptors (Lipinski definition) is 5. The van der Waals surface area contributed by atoms with E-state index in [4.69, 9.17) is 16.3 Å². The van der Waals surface area contributed by atoms with Gasteiger partial charge in [-0.15, -0.1) is 11.8 Å². The van der Waals surface area contributed by atoms with Gasteiger partial charge in [0.2, 0.25) is 5.91 Å². The number of ether oxygens (including phenoxy) is 1. The first-order valence-electron chi connectivity index (χ1n) is 14.4. The highest BCUT2D eigenvalue weighted by atomic mass is 35.5. The van der Waals surface area contributed by atoms with Crippen molar-refractivity contribution in [2.45, 2.75) is 10.1 Å². The van der Waals surface area contributed by atoms with Crippen LogP contribution in [0.25, 0.3) is 6.08 Å². The molecule has 5 rings (SSSR count). The minimum atomic E-state index is -0.686. The molecule has 10 heteroatoms. The van der Waals surface area contributed by atoms with Gasteiger partial charge in [0.1, 0.15) is 22.5 Å². The van der Waals surface area contributed by atoms with Gasteiger partial charge in [0, 0.05) is 33.5 Å². The quantitative estimate of drug-likeness (QED) is 0.0973. The summed E-state index contributed by atoms with van der Waals surface area (Å²) in [6, 6.07) is 35.9. The molecule has 0 fully saturated rings. The predicted octanol–water partition coefficient (Wildman–Crippen LogP) is 8.37. The highest BCUT2D eigenvalue weighted by molar-refractivity contribution is 8.00. The zero-order chi connectivity index (χ0) is 33.2. The summed E-state index contributed by atoms with van der Waals surface area (Å²) >= 11 is 7.55. The number of nitrogens with one attached hydrogen (secondary N) is 3. The number of anilines is 2. The van der Waals surface area contributed by atoms with Gasteiger partial charge in [0.25, 0.3) is 11.8 Å². The molecule has 0 aromatic heterocycles. The molecular formula is C37H29ClFN3O4S. The van der Waals surface area contributed by atoms with Crippen LogP contribution in [0, 0.1) is 5.82 Å². The van der Waals surface area contributed by atoms with E-state index >= 15 is 0 Å². The van der Waals surface area contributed by atoms with Crippen LogP contribution in [0.4, 0.5) is 15.8 Å². The lowest BCUT2D eigenvalue weighted by Gasteiger charge is -2.18. The van der Waals surface area contributed by atoms with Gasteiger partial charge >= 0.3 is 0 Å². The third-order valence-electron chi connectivity index (χ3n) is 6.86. The fourth-order valence-corrected chi connectivity index (χ4v) is 5.74. The van der Waals surface area contributed by atoms with Crippen LogP contribution in [-0.2, 0) is 9.59 Å². The highest BCUT2D eigenvalue weighted by Gasteiger charge is 2.23. The van der Waals surface area contributed by atoms with E-state index in [-0.39, 0.29) is 22.2 Å². The molecule has 3 N–H and O–H groups in total. The molecule has 1 unspecified atom stereocenters. The number of carbonyl (C=O) groups is 3. The van der Waals surface area contributed by atoms with Gasteiger partial charge in [-0.1, -0.05) is 72.3 Å². The van der Waals surface area contributed by atoms with Crippen molar-refractivity contribution < 1.29 is 23.5 Å². The van der Waals surface area contributed by atoms with Gasteiger partial charge in [-0.25, -0.2) is 4.39 Å². The second-order valence-corrected chi connectivity index (χ2v) is 11.7. The van der Waals surface area contributed by atoms with Crippen molar-refractivity contribution in [2.24, 2.45) is 0 Å². The van der Waals surface area contributed by atoms with Crippen LogP contribution in [0.15, 0.2) is 138 Å². The Morgan fingerprint density at radius 1 is 0.787 bits per heavy atom. The Morgan fingerprint density at radius 2 is 1.47 bits per heavy atom. The van der Waals surface area contributed by atoms with Crippen LogP contribution in [0.3, 0.4) is 0 Å². The van der Waals surface area contributed by atoms with Gasteiger partial charge in [0.15, 0.2) is 0 Å². The molecule has 0 aliphatic rings. The van der Waals surface area contributed by atoms with Crippen LogP contribution in [0.2, 0.25) is 5.02 Å². The molecule has 0 spiro atoms. The average molecular weight is 666 g/mol. The second kappa shape index (κ2) is 15.8. The summed E-state index contributed by atoms with van der Waals surface area (Å²) in [4.78, 5) is 40.6. The summed E-state index contributed by atoms with van der Waals surface area (Å²) in [7, 11) is 1.56. The molecule has 3 amide bonds. The largest absolute Gasteiger partial charge is 0.497 e. The molecule has 0 heterocycles. The van der Waals surface area contributed by atoms with Crippen LogP contribution >= 0.6 is 23.4 Å². The predicted molar refractivity (Wildman–Crippen MR) is 185 cm³/mol. The van der Waals surface area contributed by atoms with Crippen molar-refractivity contribution in [3.8, 4) is 5.75 Å². The number of methoxy groups -OCH3 is 1. The van der Waals surface area contributed by atoms with Crippen molar-refractivity contribution in [1.29, 1.82) is 0 Å². The Morgan fingerprint density at radius 3 is 2.15 bits per heavy atom. The molecule has 0 radical (unpaired) electrons. The highest BCUT2D eigenvalue weighted by Crippen LogP contribution is 2.37. The van der Waals surface area contributed by atoms with Crippen molar-refractivity contribution in [2.75, 3.05) is 17.7 Å². The summed E-state index contributed by atoms with van der Waals surface area (Å²) in [5.41, 5.74) is 1.90. The Hall–Kier alpha value is -5.38. The minimum absolute atomic E-state index is 0.0430. The SMILES string of the molecule is COc1cccc(NC(=O)C(Sc2ccc(NC(=O)/C(=C/c3c(F)cccc3Cl)NC(=O)c3ccccc3)cc2)c2ccccc2)c1. The van der Waals surface area contributed by atoms with Crippen LogP contribution < -0.4 is 20.7 Å². The number of carbonyl (C=O) groups excluding carboxylic acids is 3. The normalized spacial score (nSPS) is 11.7. The first-order valence-corrected chi connectivity index (χ1v) is 15.7. The van der Waals surface area contributed by atoms with E-state index in [1.807, 2.05) is 30.3 Å². The number of thioether (sulfide) groups is 1. The molecule has 0 aliphatic carbocycles. The van der Waals surface area contributed by atoms with E-state index in [1.165, 1.54) is 36.0 Å². The molecule has 5 aromatic carbocycles. The van der Waals surface area contributed by atoms with E-state index in [0.717, 1.165) is 10.5 Å². The summed E-state index contributed by atoms with van der Waals surface area (Å²) in [6.45, 7) is 0. The lowest BCUT2D eigenvalue weighted by Crippen LogP contribution is -2.30. The van der Waals surface area contributed by atoms with E-state index < -0.39 is 22.9 Å². The third kappa shape index (κ3) is 8.88. The lowest BCUT2D eigenvalue weighted by atomic mass is 10.1. The zero-order valence-corrected chi connectivity index (χ0v) is 26.6. The molecule has 0 saturated carbocycles. The van der Waals surface area contributed by atoms with E-state index in [9.17, 15) is 18.8 Å². The zero-order valence-electron chi connectivity index (χ0n) is 25.1. The maximum absolute atomic E-state index is 14.6. The van der Waals surface area contributed by atoms with Crippen molar-refractivity contribution >= 4 is 58.5 Å². The molecule has 7 nitrogen and oxygen atoms in total. The average Bonchev–Trinajstić information content (AvgIpc) is 3.09. The fraction of sp³-hybridized carbons (Fsp3) is 0.0541. The third-order valence-corrected chi connectivity index (χ3v) is 8.46.